The van der Waals surface area contributed by atoms with Gasteiger partial charge >= 0.3 is 0 Å². The number of anilines is 1. The lowest BCUT2D eigenvalue weighted by Crippen LogP contribution is -2.53. The molecule has 0 aliphatic carbocycles. The number of benzene rings is 1. The molecule has 1 unspecified atom stereocenters. The van der Waals surface area contributed by atoms with E-state index in [9.17, 15) is 9.59 Å². The van der Waals surface area contributed by atoms with Crippen LogP contribution in [0.4, 0.5) is 5.69 Å². The highest BCUT2D eigenvalue weighted by Crippen LogP contribution is 2.33. The Morgan fingerprint density at radius 2 is 1.88 bits per heavy atom. The van der Waals surface area contributed by atoms with Crippen LogP contribution in [0.25, 0.3) is 0 Å². The van der Waals surface area contributed by atoms with Gasteiger partial charge in [0.05, 0.1) is 31.9 Å². The number of rotatable bonds is 5. The SMILES string of the molecule is COc1ccccc1N1C(=O)CC(N2CCN(CCO)CC2)C1=O. The summed E-state index contributed by atoms with van der Waals surface area (Å²) in [6.45, 7) is 3.84. The first-order valence-electron chi connectivity index (χ1n) is 8.22. The average Bonchev–Trinajstić information content (AvgIpc) is 2.90. The number of methoxy groups -OCH3 is 1. The normalized spacial score (nSPS) is 23.1. The molecule has 2 aliphatic rings. The van der Waals surface area contributed by atoms with Crippen molar-refractivity contribution in [2.75, 3.05) is 51.3 Å². The van der Waals surface area contributed by atoms with Gasteiger partial charge < -0.3 is 9.84 Å². The Bertz CT molecular complexity index is 614. The number of amides is 2. The van der Waals surface area contributed by atoms with Gasteiger partial charge in [0.1, 0.15) is 5.75 Å². The van der Waals surface area contributed by atoms with E-state index in [4.69, 9.17) is 9.84 Å². The molecule has 0 spiro atoms. The molecule has 1 aromatic carbocycles. The highest BCUT2D eigenvalue weighted by Gasteiger charge is 2.44. The summed E-state index contributed by atoms with van der Waals surface area (Å²) in [7, 11) is 1.53. The first-order valence-corrected chi connectivity index (χ1v) is 8.22. The summed E-state index contributed by atoms with van der Waals surface area (Å²) in [6, 6.07) is 6.68. The molecule has 0 radical (unpaired) electrons. The van der Waals surface area contributed by atoms with Crippen molar-refractivity contribution in [2.45, 2.75) is 12.5 Å². The van der Waals surface area contributed by atoms with Gasteiger partial charge in [-0.2, -0.15) is 0 Å². The molecule has 1 aromatic rings. The number of aliphatic hydroxyl groups is 1. The van der Waals surface area contributed by atoms with Crippen LogP contribution < -0.4 is 9.64 Å². The molecule has 2 aliphatic heterocycles. The second-order valence-electron chi connectivity index (χ2n) is 6.06. The fourth-order valence-electron chi connectivity index (χ4n) is 3.41. The first-order chi connectivity index (χ1) is 11.7. The smallest absolute Gasteiger partial charge is 0.251 e. The van der Waals surface area contributed by atoms with E-state index in [2.05, 4.69) is 9.80 Å². The third kappa shape index (κ3) is 3.15. The lowest BCUT2D eigenvalue weighted by atomic mass is 10.1. The van der Waals surface area contributed by atoms with Crippen molar-refractivity contribution in [3.63, 3.8) is 0 Å². The van der Waals surface area contributed by atoms with Crippen LogP contribution >= 0.6 is 0 Å². The van der Waals surface area contributed by atoms with E-state index in [1.807, 2.05) is 6.07 Å². The molecule has 24 heavy (non-hydrogen) atoms. The molecule has 7 nitrogen and oxygen atoms in total. The molecule has 2 amide bonds. The lowest BCUT2D eigenvalue weighted by molar-refractivity contribution is -0.123. The quantitative estimate of drug-likeness (QED) is 0.761. The summed E-state index contributed by atoms with van der Waals surface area (Å²) in [6.07, 6.45) is 0.205. The van der Waals surface area contributed by atoms with E-state index in [1.54, 1.807) is 18.2 Å². The van der Waals surface area contributed by atoms with Crippen LogP contribution in [0.15, 0.2) is 24.3 Å². The molecule has 2 saturated heterocycles. The maximum Gasteiger partial charge on any atom is 0.251 e. The number of hydrogen-bond donors (Lipinski definition) is 1. The van der Waals surface area contributed by atoms with Crippen molar-refractivity contribution >= 4 is 17.5 Å². The number of imide groups is 1. The van der Waals surface area contributed by atoms with Gasteiger partial charge in [0, 0.05) is 32.7 Å². The predicted octanol–water partition coefficient (Wildman–Crippen LogP) is -0.0630. The molecule has 2 fully saturated rings. The third-order valence-corrected chi connectivity index (χ3v) is 4.71. The molecule has 130 valence electrons. The Morgan fingerprint density at radius 1 is 1.17 bits per heavy atom. The summed E-state index contributed by atoms with van der Waals surface area (Å²) >= 11 is 0. The summed E-state index contributed by atoms with van der Waals surface area (Å²) in [4.78, 5) is 30.8. The minimum absolute atomic E-state index is 0.141. The fourth-order valence-corrected chi connectivity index (χ4v) is 3.41. The summed E-state index contributed by atoms with van der Waals surface area (Å²) in [5.74, 6) is 0.153. The Hall–Kier alpha value is -1.96. The maximum atomic E-state index is 12.8. The van der Waals surface area contributed by atoms with Gasteiger partial charge in [-0.15, -0.1) is 0 Å². The topological polar surface area (TPSA) is 73.3 Å². The number of carbonyl (C=O) groups is 2. The Kier molecular flexibility index (Phi) is 5.13. The maximum absolute atomic E-state index is 12.8. The third-order valence-electron chi connectivity index (χ3n) is 4.71. The standard InChI is InChI=1S/C17H23N3O4/c1-24-15-5-3-2-4-13(15)20-16(22)12-14(17(20)23)19-8-6-18(7-9-19)10-11-21/h2-5,14,21H,6-12H2,1H3. The minimum atomic E-state index is -0.404. The molecule has 3 rings (SSSR count). The monoisotopic (exact) mass is 333 g/mol. The molecular weight excluding hydrogens is 310 g/mol. The van der Waals surface area contributed by atoms with E-state index in [0.717, 1.165) is 26.2 Å². The van der Waals surface area contributed by atoms with Gasteiger partial charge in [0.2, 0.25) is 5.91 Å². The van der Waals surface area contributed by atoms with Crippen molar-refractivity contribution in [1.82, 2.24) is 9.80 Å². The van der Waals surface area contributed by atoms with Crippen LogP contribution in [0.5, 0.6) is 5.75 Å². The van der Waals surface area contributed by atoms with E-state index in [0.29, 0.717) is 18.0 Å². The number of piperazine rings is 1. The molecular formula is C17H23N3O4. The Balaban J connectivity index is 1.73. The van der Waals surface area contributed by atoms with Gasteiger partial charge in [0.15, 0.2) is 0 Å². The molecule has 0 aromatic heterocycles. The Labute approximate surface area is 141 Å². The van der Waals surface area contributed by atoms with Crippen molar-refractivity contribution in [3.8, 4) is 5.75 Å². The van der Waals surface area contributed by atoms with Gasteiger partial charge in [-0.3, -0.25) is 19.4 Å². The highest BCUT2D eigenvalue weighted by atomic mass is 16.5. The molecule has 2 heterocycles. The fraction of sp³-hybridized carbons (Fsp3) is 0.529. The van der Waals surface area contributed by atoms with Crippen LogP contribution in [-0.2, 0) is 9.59 Å². The van der Waals surface area contributed by atoms with Crippen molar-refractivity contribution in [2.24, 2.45) is 0 Å². The number of para-hydroxylation sites is 2. The Morgan fingerprint density at radius 3 is 2.54 bits per heavy atom. The van der Waals surface area contributed by atoms with E-state index >= 15 is 0 Å². The zero-order valence-corrected chi connectivity index (χ0v) is 13.9. The molecule has 7 heteroatoms. The highest BCUT2D eigenvalue weighted by molar-refractivity contribution is 6.23. The van der Waals surface area contributed by atoms with Gasteiger partial charge in [-0.05, 0) is 12.1 Å². The summed E-state index contributed by atoms with van der Waals surface area (Å²) in [5.41, 5.74) is 0.511. The van der Waals surface area contributed by atoms with Crippen LogP contribution in [0, 0.1) is 0 Å². The second kappa shape index (κ2) is 7.29. The molecule has 1 N–H and O–H groups in total. The predicted molar refractivity (Wildman–Crippen MR) is 89.0 cm³/mol. The molecule has 0 bridgehead atoms. The summed E-state index contributed by atoms with van der Waals surface area (Å²) < 4.78 is 5.29. The number of nitrogens with zero attached hydrogens (tertiary/aromatic N) is 3. The van der Waals surface area contributed by atoms with Crippen molar-refractivity contribution in [3.05, 3.63) is 24.3 Å². The second-order valence-corrected chi connectivity index (χ2v) is 6.06. The largest absolute Gasteiger partial charge is 0.495 e. The van der Waals surface area contributed by atoms with Gasteiger partial charge in [0.25, 0.3) is 5.91 Å². The molecule has 0 saturated carbocycles. The lowest BCUT2D eigenvalue weighted by Gasteiger charge is -2.36. The van der Waals surface area contributed by atoms with Crippen LogP contribution in [-0.4, -0.2) is 79.2 Å². The number of ether oxygens (including phenoxy) is 1. The molecule has 1 atom stereocenters. The summed E-state index contributed by atoms with van der Waals surface area (Å²) in [5, 5.41) is 9.01. The number of β-amino-alcohol motifs (C(OH)–C–C–N with tert-alkyl or cyclic N) is 1. The van der Waals surface area contributed by atoms with Crippen LogP contribution in [0.1, 0.15) is 6.42 Å². The zero-order valence-electron chi connectivity index (χ0n) is 13.9. The van der Waals surface area contributed by atoms with Gasteiger partial charge in [-0.1, -0.05) is 12.1 Å². The minimum Gasteiger partial charge on any atom is -0.495 e. The average molecular weight is 333 g/mol. The number of hydrogen-bond acceptors (Lipinski definition) is 6. The first kappa shape index (κ1) is 16.9. The van der Waals surface area contributed by atoms with E-state index < -0.39 is 6.04 Å². The van der Waals surface area contributed by atoms with Gasteiger partial charge in [-0.25, -0.2) is 4.90 Å². The van der Waals surface area contributed by atoms with E-state index in [1.165, 1.54) is 12.0 Å². The van der Waals surface area contributed by atoms with Crippen LogP contribution in [0.3, 0.4) is 0 Å². The van der Waals surface area contributed by atoms with Crippen molar-refractivity contribution in [1.29, 1.82) is 0 Å². The van der Waals surface area contributed by atoms with Crippen LogP contribution in [0.2, 0.25) is 0 Å². The van der Waals surface area contributed by atoms with Crippen molar-refractivity contribution < 1.29 is 19.4 Å². The number of carbonyl (C=O) groups excluding carboxylic acids is 2. The van der Waals surface area contributed by atoms with E-state index in [-0.39, 0.29) is 24.8 Å². The number of aliphatic hydroxyl groups excluding tert-OH is 1. The zero-order chi connectivity index (χ0) is 17.1.